The molecule has 0 aromatic carbocycles. The average molecular weight is 684 g/mol. The van der Waals surface area contributed by atoms with Crippen LogP contribution in [0.5, 0.6) is 0 Å². The minimum Gasteiger partial charge on any atom is -0.354 e. The molecule has 7 aromatic rings. The largest absolute Gasteiger partial charge is 0.354 e. The summed E-state index contributed by atoms with van der Waals surface area (Å²) in [4.78, 5) is 35.8. The Morgan fingerprint density at radius 2 is 0.612 bits per heavy atom. The Labute approximate surface area is 294 Å². The van der Waals surface area contributed by atoms with Crippen molar-refractivity contribution in [3.8, 4) is 44.5 Å². The van der Waals surface area contributed by atoms with Crippen LogP contribution in [0.25, 0.3) is 90.9 Å². The number of nitrogens with one attached hydrogen (secondary N) is 2. The van der Waals surface area contributed by atoms with Crippen molar-refractivity contribution in [1.82, 2.24) is 39.9 Å². The first-order chi connectivity index (χ1) is 23.8. The van der Waals surface area contributed by atoms with Gasteiger partial charge in [-0.25, -0.2) is 9.97 Å². The van der Waals surface area contributed by atoms with Gasteiger partial charge in [0.2, 0.25) is 0 Å². The van der Waals surface area contributed by atoms with E-state index < -0.39 is 0 Å². The van der Waals surface area contributed by atoms with E-state index in [-0.39, 0.29) is 19.5 Å². The zero-order valence-corrected chi connectivity index (χ0v) is 29.2. The number of rotatable bonds is 4. The molecule has 0 radical (unpaired) electrons. The third-order valence-electron chi connectivity index (χ3n) is 8.55. The van der Waals surface area contributed by atoms with Gasteiger partial charge in [-0.05, 0) is 72.8 Å². The maximum atomic E-state index is 5.27. The van der Waals surface area contributed by atoms with E-state index >= 15 is 0 Å². The van der Waals surface area contributed by atoms with Crippen molar-refractivity contribution in [2.45, 2.75) is 0 Å². The maximum absolute atomic E-state index is 5.27. The van der Waals surface area contributed by atoms with Crippen LogP contribution in [0.2, 0.25) is 0 Å². The van der Waals surface area contributed by atoms with E-state index in [0.717, 1.165) is 89.4 Å². The average Bonchev–Trinajstić information content (AvgIpc) is 3.98. The Hall–Kier alpha value is -6.18. The van der Waals surface area contributed by atoms with Crippen LogP contribution in [0.4, 0.5) is 0 Å². The fourth-order valence-electron chi connectivity index (χ4n) is 6.46. The SMILES string of the molecule is C1=Cc2nc1c(-c1cccnc1)c1ccc([nH]1)c(-c1cccnc1)c1nc(c(-c3cccnc3)c3ccc([nH]3)c2-c2cccnc2)C=C1.[Zn]. The van der Waals surface area contributed by atoms with Crippen LogP contribution in [-0.2, 0) is 19.5 Å². The molecule has 2 aliphatic rings. The van der Waals surface area contributed by atoms with Gasteiger partial charge >= 0.3 is 0 Å². The molecule has 0 fully saturated rings. The molecule has 7 aromatic heterocycles. The molecule has 0 unspecified atom stereocenters. The predicted octanol–water partition coefficient (Wildman–Crippen LogP) is 8.90. The second kappa shape index (κ2) is 12.8. The van der Waals surface area contributed by atoms with E-state index in [0.29, 0.717) is 0 Å². The van der Waals surface area contributed by atoms with E-state index in [1.165, 1.54) is 0 Å². The second-order valence-corrected chi connectivity index (χ2v) is 11.5. The standard InChI is InChI=1S/C40H26N8.Zn/c1-5-25(21-41-17-1)37-29-9-11-31(45-29)38(26-6-2-18-42-22-26)33-13-15-35(47-33)40(28-8-4-20-44-24-28)36-16-14-34(48-36)39(27-7-3-19-43-23-27)32-12-10-30(37)46-32;/h1-24,45,48H;. The topological polar surface area (TPSA) is 109 Å². The molecule has 0 amide bonds. The summed E-state index contributed by atoms with van der Waals surface area (Å²) in [6.45, 7) is 0. The van der Waals surface area contributed by atoms with Crippen molar-refractivity contribution in [3.05, 3.63) is 145 Å². The van der Waals surface area contributed by atoms with E-state index in [4.69, 9.17) is 9.97 Å². The summed E-state index contributed by atoms with van der Waals surface area (Å²) in [5.41, 5.74) is 14.5. The molecule has 9 heterocycles. The molecule has 0 spiro atoms. The first-order valence-corrected chi connectivity index (χ1v) is 15.6. The van der Waals surface area contributed by atoms with Crippen molar-refractivity contribution in [3.63, 3.8) is 0 Å². The summed E-state index contributed by atoms with van der Waals surface area (Å²) in [6.07, 6.45) is 22.9. The van der Waals surface area contributed by atoms with E-state index in [9.17, 15) is 0 Å². The van der Waals surface area contributed by atoms with Crippen LogP contribution in [0.15, 0.2) is 122 Å². The van der Waals surface area contributed by atoms with Crippen molar-refractivity contribution < 1.29 is 19.5 Å². The monoisotopic (exact) mass is 682 g/mol. The Morgan fingerprint density at radius 3 is 0.837 bits per heavy atom. The molecule has 2 N–H and O–H groups in total. The molecule has 9 rings (SSSR count). The molecule has 49 heavy (non-hydrogen) atoms. The third-order valence-corrected chi connectivity index (χ3v) is 8.55. The third kappa shape index (κ3) is 5.50. The van der Waals surface area contributed by atoms with Crippen molar-refractivity contribution in [1.29, 1.82) is 0 Å². The minimum atomic E-state index is 0. The Morgan fingerprint density at radius 1 is 0.347 bits per heavy atom. The number of hydrogen-bond donors (Lipinski definition) is 2. The number of nitrogens with zero attached hydrogens (tertiary/aromatic N) is 6. The van der Waals surface area contributed by atoms with Gasteiger partial charge in [0.25, 0.3) is 0 Å². The summed E-state index contributed by atoms with van der Waals surface area (Å²) < 4.78 is 0. The summed E-state index contributed by atoms with van der Waals surface area (Å²) in [5, 5.41) is 0. The van der Waals surface area contributed by atoms with E-state index in [1.807, 2.05) is 49.1 Å². The van der Waals surface area contributed by atoms with Crippen LogP contribution < -0.4 is 0 Å². The molecule has 2 aliphatic heterocycles. The summed E-state index contributed by atoms with van der Waals surface area (Å²) in [6, 6.07) is 24.4. The van der Waals surface area contributed by atoms with Gasteiger partial charge in [-0.15, -0.1) is 0 Å². The Balaban J connectivity index is 0.00000348. The van der Waals surface area contributed by atoms with Gasteiger partial charge in [0, 0.05) is 136 Å². The van der Waals surface area contributed by atoms with Crippen LogP contribution in [-0.4, -0.2) is 39.9 Å². The molecule has 0 saturated carbocycles. The molecule has 9 heteroatoms. The van der Waals surface area contributed by atoms with Gasteiger partial charge in [-0.3, -0.25) is 19.9 Å². The summed E-state index contributed by atoms with van der Waals surface area (Å²) >= 11 is 0. The first kappa shape index (κ1) is 30.2. The predicted molar refractivity (Wildman–Crippen MR) is 192 cm³/mol. The first-order valence-electron chi connectivity index (χ1n) is 15.6. The molecule has 0 saturated heterocycles. The zero-order valence-electron chi connectivity index (χ0n) is 26.2. The smallest absolute Gasteiger partial charge is 0.0737 e. The zero-order chi connectivity index (χ0) is 31.9. The summed E-state index contributed by atoms with van der Waals surface area (Å²) in [5.74, 6) is 0. The molecular weight excluding hydrogens is 658 g/mol. The number of H-pyrrole nitrogens is 2. The Kier molecular flexibility index (Phi) is 7.88. The van der Waals surface area contributed by atoms with Gasteiger partial charge in [-0.2, -0.15) is 0 Å². The van der Waals surface area contributed by atoms with E-state index in [2.05, 4.69) is 103 Å². The van der Waals surface area contributed by atoms with Crippen molar-refractivity contribution >= 4 is 46.4 Å². The second-order valence-electron chi connectivity index (χ2n) is 11.5. The van der Waals surface area contributed by atoms with Gasteiger partial charge in [0.05, 0.1) is 22.8 Å². The minimum absolute atomic E-state index is 0. The molecular formula is C40H26N8Zn. The fourth-order valence-corrected chi connectivity index (χ4v) is 6.46. The van der Waals surface area contributed by atoms with Crippen LogP contribution >= 0.6 is 0 Å². The number of hydrogen-bond acceptors (Lipinski definition) is 6. The number of fused-ring (bicyclic) bond motifs is 8. The normalized spacial score (nSPS) is 11.8. The van der Waals surface area contributed by atoms with Gasteiger partial charge in [0.1, 0.15) is 0 Å². The van der Waals surface area contributed by atoms with Crippen LogP contribution in [0.3, 0.4) is 0 Å². The Bertz CT molecular complexity index is 2190. The van der Waals surface area contributed by atoms with Crippen LogP contribution in [0, 0.1) is 0 Å². The van der Waals surface area contributed by atoms with Gasteiger partial charge < -0.3 is 9.97 Å². The molecule has 228 valence electrons. The van der Waals surface area contributed by atoms with Gasteiger partial charge in [0.15, 0.2) is 0 Å². The van der Waals surface area contributed by atoms with Gasteiger partial charge in [-0.1, -0.05) is 24.3 Å². The molecule has 8 nitrogen and oxygen atoms in total. The molecule has 8 bridgehead atoms. The van der Waals surface area contributed by atoms with Crippen molar-refractivity contribution in [2.24, 2.45) is 0 Å². The summed E-state index contributed by atoms with van der Waals surface area (Å²) in [7, 11) is 0. The fraction of sp³-hybridized carbons (Fsp3) is 0. The van der Waals surface area contributed by atoms with Crippen LogP contribution in [0.1, 0.15) is 22.8 Å². The molecule has 0 aliphatic carbocycles. The number of aromatic amines is 2. The molecule has 0 atom stereocenters. The van der Waals surface area contributed by atoms with Crippen molar-refractivity contribution in [2.75, 3.05) is 0 Å². The number of pyridine rings is 4. The van der Waals surface area contributed by atoms with E-state index in [1.54, 1.807) is 24.8 Å². The number of aromatic nitrogens is 8. The quantitative estimate of drug-likeness (QED) is 0.179. The maximum Gasteiger partial charge on any atom is 0.0737 e.